The highest BCUT2D eigenvalue weighted by atomic mass is 16.4. The van der Waals surface area contributed by atoms with Crippen molar-refractivity contribution in [3.8, 4) is 0 Å². The predicted molar refractivity (Wildman–Crippen MR) is 63.7 cm³/mol. The van der Waals surface area contributed by atoms with Crippen LogP contribution in [0, 0.1) is 0 Å². The Hall–Kier alpha value is -1.92. The lowest BCUT2D eigenvalue weighted by molar-refractivity contribution is -0.146. The molecule has 0 aliphatic carbocycles. The van der Waals surface area contributed by atoms with Crippen LogP contribution in [0.1, 0.15) is 26.7 Å². The Balaban J connectivity index is 2.55. The monoisotopic (exact) mass is 254 g/mol. The van der Waals surface area contributed by atoms with Gasteiger partial charge in [-0.1, -0.05) is 12.1 Å². The van der Waals surface area contributed by atoms with Crippen LogP contribution in [0.15, 0.2) is 12.4 Å². The van der Waals surface area contributed by atoms with Gasteiger partial charge in [0.25, 0.3) is 0 Å². The van der Waals surface area contributed by atoms with Crippen molar-refractivity contribution in [3.05, 3.63) is 12.4 Å². The molecule has 0 bridgehead atoms. The summed E-state index contributed by atoms with van der Waals surface area (Å²) in [4.78, 5) is 24.1. The summed E-state index contributed by atoms with van der Waals surface area (Å²) in [5.41, 5.74) is 0. The molecule has 0 aliphatic heterocycles. The van der Waals surface area contributed by atoms with Gasteiger partial charge in [-0.05, 0) is 13.3 Å². The Bertz CT molecular complexity index is 391. The molecule has 0 aromatic carbocycles. The van der Waals surface area contributed by atoms with Crippen molar-refractivity contribution >= 4 is 11.9 Å². The summed E-state index contributed by atoms with van der Waals surface area (Å²) in [5, 5.41) is 16.2. The van der Waals surface area contributed by atoms with Crippen molar-refractivity contribution in [1.82, 2.24) is 19.9 Å². The molecule has 18 heavy (non-hydrogen) atoms. The number of carbonyl (C=O) groups is 2. The Morgan fingerprint density at radius 1 is 1.50 bits per heavy atom. The average Bonchev–Trinajstić information content (AvgIpc) is 2.85. The number of aromatic nitrogens is 3. The Morgan fingerprint density at radius 3 is 2.72 bits per heavy atom. The fourth-order valence-electron chi connectivity index (χ4n) is 1.56. The van der Waals surface area contributed by atoms with Crippen LogP contribution in [0.3, 0.4) is 0 Å². The Morgan fingerprint density at radius 2 is 2.22 bits per heavy atom. The second kappa shape index (κ2) is 6.73. The number of hydrogen-bond acceptors (Lipinski definition) is 4. The van der Waals surface area contributed by atoms with E-state index in [9.17, 15) is 9.59 Å². The molecule has 7 heteroatoms. The zero-order valence-corrected chi connectivity index (χ0v) is 10.6. The van der Waals surface area contributed by atoms with E-state index in [-0.39, 0.29) is 24.9 Å². The zero-order chi connectivity index (χ0) is 13.5. The number of hydrogen-bond donors (Lipinski definition) is 1. The molecule has 1 heterocycles. The van der Waals surface area contributed by atoms with Gasteiger partial charge in [-0.25, -0.2) is 0 Å². The van der Waals surface area contributed by atoms with Crippen LogP contribution >= 0.6 is 0 Å². The maximum atomic E-state index is 12.0. The Kier molecular flexibility index (Phi) is 5.29. The molecular formula is C11H18N4O3. The number of nitrogens with zero attached hydrogens (tertiary/aromatic N) is 4. The quantitative estimate of drug-likeness (QED) is 0.760. The largest absolute Gasteiger partial charge is 0.480 e. The number of aryl methyl sites for hydroxylation is 1. The summed E-state index contributed by atoms with van der Waals surface area (Å²) in [6.45, 7) is 3.91. The van der Waals surface area contributed by atoms with Gasteiger partial charge in [0.05, 0.1) is 12.7 Å². The molecular weight excluding hydrogens is 236 g/mol. The van der Waals surface area contributed by atoms with Crippen molar-refractivity contribution in [2.24, 2.45) is 0 Å². The van der Waals surface area contributed by atoms with Crippen LogP contribution < -0.4 is 0 Å². The molecule has 1 rings (SSSR count). The van der Waals surface area contributed by atoms with E-state index >= 15 is 0 Å². The molecule has 1 aromatic heterocycles. The molecule has 0 radical (unpaired) electrons. The normalized spacial score (nSPS) is 12.1. The van der Waals surface area contributed by atoms with Gasteiger partial charge in [0, 0.05) is 18.7 Å². The topological polar surface area (TPSA) is 88.3 Å². The second-order valence-electron chi connectivity index (χ2n) is 4.09. The standard InChI is InChI=1S/C11H18N4O3/c1-3-9(2)15(8-11(17)18)10(16)4-6-14-7-5-12-13-14/h5,7,9H,3-4,6,8H2,1-2H3,(H,17,18). The van der Waals surface area contributed by atoms with E-state index in [4.69, 9.17) is 5.11 Å². The van der Waals surface area contributed by atoms with Crippen molar-refractivity contribution in [2.45, 2.75) is 39.3 Å². The summed E-state index contributed by atoms with van der Waals surface area (Å²) in [7, 11) is 0. The van der Waals surface area contributed by atoms with Gasteiger partial charge in [-0.3, -0.25) is 14.3 Å². The average molecular weight is 254 g/mol. The van der Waals surface area contributed by atoms with Gasteiger partial charge in [0.15, 0.2) is 0 Å². The van der Waals surface area contributed by atoms with Crippen molar-refractivity contribution in [1.29, 1.82) is 0 Å². The van der Waals surface area contributed by atoms with Gasteiger partial charge in [0.2, 0.25) is 5.91 Å². The van der Waals surface area contributed by atoms with Crippen LogP contribution in [-0.4, -0.2) is 49.5 Å². The first-order valence-electron chi connectivity index (χ1n) is 5.90. The summed E-state index contributed by atoms with van der Waals surface area (Å²) in [6, 6.07) is -0.0793. The fourth-order valence-corrected chi connectivity index (χ4v) is 1.56. The predicted octanol–water partition coefficient (Wildman–Crippen LogP) is 0.380. The summed E-state index contributed by atoms with van der Waals surface area (Å²) in [6.07, 6.45) is 4.15. The number of amides is 1. The van der Waals surface area contributed by atoms with Crippen molar-refractivity contribution < 1.29 is 14.7 Å². The molecule has 1 unspecified atom stereocenters. The molecule has 0 fully saturated rings. The highest BCUT2D eigenvalue weighted by molar-refractivity contribution is 5.81. The lowest BCUT2D eigenvalue weighted by Crippen LogP contribution is -2.42. The van der Waals surface area contributed by atoms with Gasteiger partial charge >= 0.3 is 5.97 Å². The minimum Gasteiger partial charge on any atom is -0.480 e. The number of carbonyl (C=O) groups excluding carboxylic acids is 1. The maximum Gasteiger partial charge on any atom is 0.323 e. The first kappa shape index (κ1) is 14.1. The van der Waals surface area contributed by atoms with Gasteiger partial charge in [-0.2, -0.15) is 0 Å². The van der Waals surface area contributed by atoms with Crippen LogP contribution in [0.2, 0.25) is 0 Å². The molecule has 7 nitrogen and oxygen atoms in total. The number of carboxylic acids is 1. The SMILES string of the molecule is CCC(C)N(CC(=O)O)C(=O)CCn1ccnn1. The van der Waals surface area contributed by atoms with E-state index in [2.05, 4.69) is 10.3 Å². The van der Waals surface area contributed by atoms with Crippen LogP contribution in [0.5, 0.6) is 0 Å². The highest BCUT2D eigenvalue weighted by Crippen LogP contribution is 2.06. The molecule has 1 amide bonds. The van der Waals surface area contributed by atoms with Crippen molar-refractivity contribution in [2.75, 3.05) is 6.54 Å². The van der Waals surface area contributed by atoms with Gasteiger partial charge in [-0.15, -0.1) is 5.10 Å². The third-order valence-electron chi connectivity index (χ3n) is 2.78. The van der Waals surface area contributed by atoms with E-state index in [0.29, 0.717) is 6.54 Å². The van der Waals surface area contributed by atoms with Crippen molar-refractivity contribution in [3.63, 3.8) is 0 Å². The smallest absolute Gasteiger partial charge is 0.323 e. The number of carboxylic acid groups (broad SMARTS) is 1. The van der Waals surface area contributed by atoms with Gasteiger partial charge < -0.3 is 10.0 Å². The van der Waals surface area contributed by atoms with Crippen LogP contribution in [0.4, 0.5) is 0 Å². The first-order valence-corrected chi connectivity index (χ1v) is 5.90. The van der Waals surface area contributed by atoms with E-state index < -0.39 is 5.97 Å². The second-order valence-corrected chi connectivity index (χ2v) is 4.09. The molecule has 0 saturated carbocycles. The third kappa shape index (κ3) is 4.15. The Labute approximate surface area is 105 Å². The van der Waals surface area contributed by atoms with E-state index in [1.807, 2.05) is 13.8 Å². The zero-order valence-electron chi connectivity index (χ0n) is 10.6. The third-order valence-corrected chi connectivity index (χ3v) is 2.78. The molecule has 0 aliphatic rings. The van der Waals surface area contributed by atoms with Crippen LogP contribution in [0.25, 0.3) is 0 Å². The van der Waals surface area contributed by atoms with E-state index in [1.54, 1.807) is 10.9 Å². The molecule has 0 spiro atoms. The van der Waals surface area contributed by atoms with E-state index in [0.717, 1.165) is 6.42 Å². The van der Waals surface area contributed by atoms with E-state index in [1.165, 1.54) is 11.1 Å². The lowest BCUT2D eigenvalue weighted by atomic mass is 10.2. The minimum atomic E-state index is -0.996. The minimum absolute atomic E-state index is 0.0793. The number of aliphatic carboxylic acids is 1. The summed E-state index contributed by atoms with van der Waals surface area (Å²) >= 11 is 0. The first-order chi connectivity index (χ1) is 8.54. The molecule has 1 N–H and O–H groups in total. The molecule has 1 atom stereocenters. The van der Waals surface area contributed by atoms with Crippen LogP contribution in [-0.2, 0) is 16.1 Å². The molecule has 100 valence electrons. The highest BCUT2D eigenvalue weighted by Gasteiger charge is 2.21. The van der Waals surface area contributed by atoms with Gasteiger partial charge in [0.1, 0.15) is 6.54 Å². The molecule has 0 saturated heterocycles. The molecule has 1 aromatic rings. The fraction of sp³-hybridized carbons (Fsp3) is 0.636. The lowest BCUT2D eigenvalue weighted by Gasteiger charge is -2.26. The number of rotatable bonds is 7. The summed E-state index contributed by atoms with van der Waals surface area (Å²) in [5.74, 6) is -1.17. The maximum absolute atomic E-state index is 12.0. The summed E-state index contributed by atoms with van der Waals surface area (Å²) < 4.78 is 1.55.